The van der Waals surface area contributed by atoms with E-state index in [1.807, 2.05) is 0 Å². The molecule has 0 heterocycles. The minimum Gasteiger partial charge on any atom is -0.0654 e. The molecular formula is C124H264. The molecule has 760 valence electrons. The van der Waals surface area contributed by atoms with Crippen LogP contribution in [0.1, 0.15) is 757 Å². The van der Waals surface area contributed by atoms with Crippen molar-refractivity contribution in [2.75, 3.05) is 0 Å². The van der Waals surface area contributed by atoms with Crippen LogP contribution in [0.5, 0.6) is 0 Å². The maximum Gasteiger partial charge on any atom is -0.0414 e. The lowest BCUT2D eigenvalue weighted by Crippen LogP contribution is -2.00. The molecule has 0 bridgehead atoms. The second-order valence-electron chi connectivity index (χ2n) is 41.4. The third-order valence-electron chi connectivity index (χ3n) is 27.9. The first kappa shape index (κ1) is 139. The zero-order valence-corrected chi connectivity index (χ0v) is 93.7. The molecular weight excluding hydrogens is 1490 g/mol. The standard InChI is InChI=1S/3C18H38.2C16H34.C14H30.C13H28.C11H24/c1-4-7-8-9-10-11-12-13-14-17-18(15-5-2)16-6-3;1-4-7-9-10-11-12-14-17-18(15-6-3)16-13-8-5-2;1-4-7-9-11-13-16-18(15-6-3)17-14-12-10-8-5-2;1-4-7-8-9-10-11-12-15-16(13-5-2)14-6-3;1-4-7-9-10-12-15-16(13-6-3)14-11-8-5-2;1-4-7-8-9-10-13-14(11-5-2)12-6-3;1-4-7-8-9-12-13(10-5-2)11-6-3;1-4-7-10-11(8-5-2)9-6-3/h3*18H,4-17H2,1-3H3;2*16H,4-15H2,1-3H3;14H,4-13H2,1-3H3;13H,4-12H2,1-3H3;11H,4-10H2,1-3H3. The van der Waals surface area contributed by atoms with Crippen molar-refractivity contribution in [2.24, 2.45) is 47.3 Å². The van der Waals surface area contributed by atoms with E-state index in [4.69, 9.17) is 0 Å². The zero-order chi connectivity index (χ0) is 93.7. The van der Waals surface area contributed by atoms with Crippen molar-refractivity contribution in [3.8, 4) is 0 Å². The van der Waals surface area contributed by atoms with Crippen LogP contribution in [0.2, 0.25) is 0 Å². The molecule has 0 saturated carbocycles. The summed E-state index contributed by atoms with van der Waals surface area (Å²) in [5.74, 6) is 8.28. The number of hydrogen-bond donors (Lipinski definition) is 0. The van der Waals surface area contributed by atoms with E-state index in [0.29, 0.717) is 0 Å². The number of rotatable bonds is 92. The monoisotopic (exact) mass is 1750 g/mol. The molecule has 0 saturated heterocycles. The quantitative estimate of drug-likeness (QED) is 0.0533. The van der Waals surface area contributed by atoms with Gasteiger partial charge in [-0.25, -0.2) is 0 Å². The Balaban J connectivity index is -0.000000208. The first-order chi connectivity index (χ1) is 60.8. The molecule has 0 amide bonds. The predicted molar refractivity (Wildman–Crippen MR) is 589 cm³/mol. The van der Waals surface area contributed by atoms with Gasteiger partial charge in [-0.2, -0.15) is 0 Å². The van der Waals surface area contributed by atoms with Gasteiger partial charge >= 0.3 is 0 Å². The van der Waals surface area contributed by atoms with Gasteiger partial charge in [-0.05, 0) is 47.3 Å². The van der Waals surface area contributed by atoms with Crippen LogP contribution in [-0.2, 0) is 0 Å². The Morgan fingerprint density at radius 3 is 0.250 bits per heavy atom. The van der Waals surface area contributed by atoms with Crippen molar-refractivity contribution in [3.05, 3.63) is 0 Å². The van der Waals surface area contributed by atoms with Gasteiger partial charge in [0.1, 0.15) is 0 Å². The Morgan fingerprint density at radius 1 is 0.0645 bits per heavy atom. The van der Waals surface area contributed by atoms with Gasteiger partial charge in [0, 0.05) is 0 Å². The van der Waals surface area contributed by atoms with Crippen LogP contribution >= 0.6 is 0 Å². The lowest BCUT2D eigenvalue weighted by molar-refractivity contribution is 0.378. The minimum atomic E-state index is 1.03. The van der Waals surface area contributed by atoms with E-state index in [-0.39, 0.29) is 0 Å². The molecule has 0 aromatic rings. The fourth-order valence-corrected chi connectivity index (χ4v) is 20.2. The highest BCUT2D eigenvalue weighted by atomic mass is 14.2. The van der Waals surface area contributed by atoms with Gasteiger partial charge in [0.15, 0.2) is 0 Å². The summed E-state index contributed by atoms with van der Waals surface area (Å²) in [6.45, 7) is 55.5. The van der Waals surface area contributed by atoms with E-state index in [9.17, 15) is 0 Å². The van der Waals surface area contributed by atoms with Crippen LogP contribution in [0, 0.1) is 47.3 Å². The second kappa shape index (κ2) is 136. The van der Waals surface area contributed by atoms with Gasteiger partial charge in [0.2, 0.25) is 0 Å². The van der Waals surface area contributed by atoms with E-state index in [0.717, 1.165) is 47.3 Å². The van der Waals surface area contributed by atoms with Gasteiger partial charge in [-0.3, -0.25) is 0 Å². The van der Waals surface area contributed by atoms with E-state index in [1.54, 1.807) is 0 Å². The largest absolute Gasteiger partial charge is 0.0654 e. The minimum absolute atomic E-state index is 1.03. The normalized spacial score (nSPS) is 11.7. The third-order valence-corrected chi connectivity index (χ3v) is 27.9. The van der Waals surface area contributed by atoms with Gasteiger partial charge in [0.25, 0.3) is 0 Å². The summed E-state index contributed by atoms with van der Waals surface area (Å²) < 4.78 is 0. The highest BCUT2D eigenvalue weighted by Gasteiger charge is 2.14. The maximum absolute atomic E-state index is 2.35. The molecule has 0 fully saturated rings. The summed E-state index contributed by atoms with van der Waals surface area (Å²) in [7, 11) is 0. The average Bonchev–Trinajstić information content (AvgIpc) is 1.04. The smallest absolute Gasteiger partial charge is 0.0414 e. The molecule has 0 N–H and O–H groups in total. The topological polar surface area (TPSA) is 0 Å². The van der Waals surface area contributed by atoms with Crippen LogP contribution in [0.15, 0.2) is 0 Å². The van der Waals surface area contributed by atoms with Crippen LogP contribution in [-0.4, -0.2) is 0 Å². The first-order valence-electron chi connectivity index (χ1n) is 60.8. The average molecular weight is 1760 g/mol. The molecule has 0 aliphatic heterocycles. The zero-order valence-electron chi connectivity index (χ0n) is 93.7. The highest BCUT2D eigenvalue weighted by molar-refractivity contribution is 4.67. The molecule has 0 nitrogen and oxygen atoms in total. The van der Waals surface area contributed by atoms with Crippen molar-refractivity contribution in [2.45, 2.75) is 757 Å². The molecule has 2 unspecified atom stereocenters. The molecule has 0 aromatic heterocycles. The second-order valence-corrected chi connectivity index (χ2v) is 41.4. The molecule has 0 radical (unpaired) electrons. The Hall–Kier alpha value is 0. The van der Waals surface area contributed by atoms with Gasteiger partial charge in [0.05, 0.1) is 0 Å². The molecule has 0 aliphatic rings. The summed E-state index contributed by atoms with van der Waals surface area (Å²) in [4.78, 5) is 0. The maximum atomic E-state index is 2.35. The van der Waals surface area contributed by atoms with E-state index < -0.39 is 0 Å². The summed E-state index contributed by atoms with van der Waals surface area (Å²) in [5.41, 5.74) is 0. The highest BCUT2D eigenvalue weighted by Crippen LogP contribution is 2.30. The van der Waals surface area contributed by atoms with Crippen molar-refractivity contribution in [1.29, 1.82) is 0 Å². The fourth-order valence-electron chi connectivity index (χ4n) is 20.2. The van der Waals surface area contributed by atoms with E-state index in [1.165, 1.54) is 591 Å². The predicted octanol–water partition coefficient (Wildman–Crippen LogP) is 49.2. The SMILES string of the molecule is CCCCC(CCC)CCC.CCCCCCC(CCC)CCC.CCCCCCCC(CCC)CCC.CCCCCCCC(CCC)CCCCC.CCCCCCCC(CCC)CCCCCCC.CCCCCCCCCC(CCC)CCC.CCCCCCCCCC(CCC)CCCCC.CCCCCCCCCCCC(CCC)CCC. The van der Waals surface area contributed by atoms with Gasteiger partial charge < -0.3 is 0 Å². The van der Waals surface area contributed by atoms with E-state index >= 15 is 0 Å². The Labute approximate surface area is 799 Å². The van der Waals surface area contributed by atoms with Crippen molar-refractivity contribution < 1.29 is 0 Å². The number of hydrogen-bond acceptors (Lipinski definition) is 0. The Kier molecular flexibility index (Phi) is 153. The molecule has 0 aliphatic carbocycles. The Bertz CT molecular complexity index is 1550. The Morgan fingerprint density at radius 2 is 0.137 bits per heavy atom. The summed E-state index contributed by atoms with van der Waals surface area (Å²) >= 11 is 0. The molecule has 2 atom stereocenters. The van der Waals surface area contributed by atoms with Crippen molar-refractivity contribution >= 4 is 0 Å². The fraction of sp³-hybridized carbons (Fsp3) is 1.00. The first-order valence-corrected chi connectivity index (χ1v) is 60.8. The summed E-state index contributed by atoms with van der Waals surface area (Å²) in [6, 6.07) is 0. The number of unbranched alkanes of at least 4 members (excludes halogenated alkanes) is 44. The molecule has 0 spiro atoms. The van der Waals surface area contributed by atoms with Gasteiger partial charge in [-0.1, -0.05) is 757 Å². The summed E-state index contributed by atoms with van der Waals surface area (Å²) in [6.07, 6.45) is 133. The lowest BCUT2D eigenvalue weighted by atomic mass is 9.91. The van der Waals surface area contributed by atoms with E-state index in [2.05, 4.69) is 166 Å². The van der Waals surface area contributed by atoms with Crippen LogP contribution in [0.4, 0.5) is 0 Å². The molecule has 0 aromatic carbocycles. The van der Waals surface area contributed by atoms with Crippen LogP contribution in [0.25, 0.3) is 0 Å². The van der Waals surface area contributed by atoms with Crippen molar-refractivity contribution in [1.82, 2.24) is 0 Å². The van der Waals surface area contributed by atoms with Crippen LogP contribution in [0.3, 0.4) is 0 Å². The summed E-state index contributed by atoms with van der Waals surface area (Å²) in [5, 5.41) is 0. The third kappa shape index (κ3) is 133. The molecule has 0 heteroatoms. The van der Waals surface area contributed by atoms with Gasteiger partial charge in [-0.15, -0.1) is 0 Å². The van der Waals surface area contributed by atoms with Crippen LogP contribution < -0.4 is 0 Å². The van der Waals surface area contributed by atoms with Crippen molar-refractivity contribution in [3.63, 3.8) is 0 Å². The molecule has 124 heavy (non-hydrogen) atoms. The molecule has 0 rings (SSSR count). The lowest BCUT2D eigenvalue weighted by Gasteiger charge is -2.15.